The number of ether oxygens (including phenoxy) is 1. The molecule has 0 spiro atoms. The number of halogens is 1. The van der Waals surface area contributed by atoms with E-state index < -0.39 is 17.8 Å². The van der Waals surface area contributed by atoms with E-state index in [1.807, 2.05) is 0 Å². The maximum Gasteiger partial charge on any atom is 0.335 e. The maximum absolute atomic E-state index is 13.3. The lowest BCUT2D eigenvalue weighted by molar-refractivity contribution is -0.114. The van der Waals surface area contributed by atoms with Gasteiger partial charge < -0.3 is 25.8 Å². The van der Waals surface area contributed by atoms with E-state index in [0.717, 1.165) is 4.90 Å². The van der Waals surface area contributed by atoms with Gasteiger partial charge in [-0.3, -0.25) is 14.4 Å². The molecule has 4 rings (SSSR count). The first-order valence-corrected chi connectivity index (χ1v) is 14.2. The molecule has 0 heterocycles. The average Bonchev–Trinajstić information content (AvgIpc) is 3.01. The smallest absolute Gasteiger partial charge is 0.335 e. The summed E-state index contributed by atoms with van der Waals surface area (Å²) in [6, 6.07) is 26.5. The summed E-state index contributed by atoms with van der Waals surface area (Å²) >= 11 is 7.32. The number of benzene rings is 4. The van der Waals surface area contributed by atoms with Crippen molar-refractivity contribution in [1.82, 2.24) is 5.32 Å². The van der Waals surface area contributed by atoms with Crippen LogP contribution in [0.25, 0.3) is 6.08 Å². The fourth-order valence-electron chi connectivity index (χ4n) is 3.76. The summed E-state index contributed by atoms with van der Waals surface area (Å²) in [5.41, 5.74) is 1.77. The van der Waals surface area contributed by atoms with Gasteiger partial charge in [-0.25, -0.2) is 4.79 Å². The number of hydrogen-bond donors (Lipinski definition) is 4. The van der Waals surface area contributed by atoms with Crippen LogP contribution in [-0.4, -0.2) is 41.7 Å². The number of carboxylic acid groups (broad SMARTS) is 1. The number of methoxy groups -OCH3 is 1. The molecule has 4 N–H and O–H groups in total. The van der Waals surface area contributed by atoms with Crippen LogP contribution in [0.5, 0.6) is 5.75 Å². The van der Waals surface area contributed by atoms with Crippen LogP contribution in [0.1, 0.15) is 26.3 Å². The van der Waals surface area contributed by atoms with Crippen LogP contribution in [0.3, 0.4) is 0 Å². The highest BCUT2D eigenvalue weighted by Gasteiger charge is 2.16. The van der Waals surface area contributed by atoms with Gasteiger partial charge in [0.2, 0.25) is 5.91 Å². The summed E-state index contributed by atoms with van der Waals surface area (Å²) < 4.78 is 5.27. The third kappa shape index (κ3) is 8.96. The summed E-state index contributed by atoms with van der Waals surface area (Å²) in [6.07, 6.45) is 1.56. The van der Waals surface area contributed by atoms with Crippen molar-refractivity contribution in [2.45, 2.75) is 4.90 Å². The van der Waals surface area contributed by atoms with E-state index in [2.05, 4.69) is 16.0 Å². The Morgan fingerprint density at radius 3 is 2.30 bits per heavy atom. The summed E-state index contributed by atoms with van der Waals surface area (Å²) in [7, 11) is 1.54. The van der Waals surface area contributed by atoms with Crippen molar-refractivity contribution in [3.63, 3.8) is 0 Å². The molecule has 0 aromatic heterocycles. The second kappa shape index (κ2) is 14.7. The molecule has 0 aliphatic heterocycles. The van der Waals surface area contributed by atoms with Gasteiger partial charge in [-0.2, -0.15) is 0 Å². The summed E-state index contributed by atoms with van der Waals surface area (Å²) in [4.78, 5) is 50.5. The average molecular weight is 616 g/mol. The first-order valence-electron chi connectivity index (χ1n) is 12.8. The normalized spacial score (nSPS) is 10.9. The van der Waals surface area contributed by atoms with Crippen LogP contribution >= 0.6 is 23.4 Å². The number of carboxylic acids is 1. The highest BCUT2D eigenvalue weighted by molar-refractivity contribution is 8.00. The number of carbonyl (C=O) groups excluding carboxylic acids is 3. The van der Waals surface area contributed by atoms with Crippen LogP contribution in [0.15, 0.2) is 108 Å². The molecule has 4 aromatic carbocycles. The fourth-order valence-corrected chi connectivity index (χ4v) is 4.63. The Balaban J connectivity index is 1.41. The second-order valence-electron chi connectivity index (χ2n) is 8.97. The number of hydrogen-bond acceptors (Lipinski definition) is 6. The minimum Gasteiger partial charge on any atom is -0.497 e. The van der Waals surface area contributed by atoms with Crippen molar-refractivity contribution in [2.24, 2.45) is 0 Å². The number of rotatable bonds is 11. The van der Waals surface area contributed by atoms with Gasteiger partial charge in [0.15, 0.2) is 0 Å². The zero-order valence-electron chi connectivity index (χ0n) is 22.8. The highest BCUT2D eigenvalue weighted by Crippen LogP contribution is 2.25. The molecule has 4 aromatic rings. The molecule has 0 saturated carbocycles. The fraction of sp³-hybridized carbons (Fsp3) is 0.0625. The van der Waals surface area contributed by atoms with Crippen LogP contribution < -0.4 is 20.7 Å². The number of aromatic carboxylic acids is 1. The molecular formula is C32H26ClN3O6S. The number of nitrogens with one attached hydrogen (secondary N) is 3. The zero-order valence-corrected chi connectivity index (χ0v) is 24.4. The van der Waals surface area contributed by atoms with Crippen molar-refractivity contribution >= 4 is 64.5 Å². The van der Waals surface area contributed by atoms with Gasteiger partial charge in [0.1, 0.15) is 11.4 Å². The van der Waals surface area contributed by atoms with E-state index in [4.69, 9.17) is 21.4 Å². The lowest BCUT2D eigenvalue weighted by Gasteiger charge is -2.12. The Bertz CT molecular complexity index is 1680. The predicted octanol–water partition coefficient (Wildman–Crippen LogP) is 6.19. The summed E-state index contributed by atoms with van der Waals surface area (Å²) in [5.74, 6) is -1.83. The zero-order chi connectivity index (χ0) is 30.8. The molecular weight excluding hydrogens is 590 g/mol. The van der Waals surface area contributed by atoms with Crippen molar-refractivity contribution in [3.8, 4) is 5.75 Å². The number of anilines is 2. The van der Waals surface area contributed by atoms with E-state index in [1.165, 1.54) is 37.1 Å². The Labute approximate surface area is 256 Å². The molecule has 9 nitrogen and oxygen atoms in total. The van der Waals surface area contributed by atoms with Crippen LogP contribution in [-0.2, 0) is 9.59 Å². The van der Waals surface area contributed by atoms with Gasteiger partial charge in [0, 0.05) is 16.1 Å². The first-order chi connectivity index (χ1) is 20.7. The number of carbonyl (C=O) groups is 4. The number of thioether (sulfide) groups is 1. The van der Waals surface area contributed by atoms with Crippen molar-refractivity contribution in [1.29, 1.82) is 0 Å². The first kappa shape index (κ1) is 30.9. The lowest BCUT2D eigenvalue weighted by Crippen LogP contribution is -2.30. The van der Waals surface area contributed by atoms with E-state index in [1.54, 1.807) is 84.9 Å². The minimum atomic E-state index is -1.13. The molecule has 0 fully saturated rings. The second-order valence-corrected chi connectivity index (χ2v) is 10.4. The monoisotopic (exact) mass is 615 g/mol. The van der Waals surface area contributed by atoms with Gasteiger partial charge in [-0.05, 0) is 78.4 Å². The van der Waals surface area contributed by atoms with E-state index in [0.29, 0.717) is 22.6 Å². The van der Waals surface area contributed by atoms with Crippen LogP contribution in [0.2, 0.25) is 5.02 Å². The Morgan fingerprint density at radius 1 is 0.860 bits per heavy atom. The molecule has 43 heavy (non-hydrogen) atoms. The molecule has 0 atom stereocenters. The maximum atomic E-state index is 13.3. The lowest BCUT2D eigenvalue weighted by atomic mass is 10.1. The molecule has 0 saturated heterocycles. The standard InChI is InChI=1S/C32H26ClN3O6S/c1-42-24-9-5-6-20(16-24)17-28(36-30(38)21-7-3-2-4-8-21)31(39)34-23-11-13-25(14-12-23)43-19-29(37)35-27-18-22(32(40)41)10-15-26(27)33/h2-18H,19H2,1H3,(H,34,39)(H,35,37)(H,36,38)(H,40,41)/b28-17-. The quantitative estimate of drug-likeness (QED) is 0.117. The van der Waals surface area contributed by atoms with Gasteiger partial charge in [-0.1, -0.05) is 41.9 Å². The van der Waals surface area contributed by atoms with Crippen molar-refractivity contribution < 1.29 is 29.0 Å². The molecule has 11 heteroatoms. The van der Waals surface area contributed by atoms with Crippen molar-refractivity contribution in [3.05, 3.63) is 124 Å². The molecule has 0 bridgehead atoms. The minimum absolute atomic E-state index is 0.00566. The molecule has 0 aliphatic rings. The third-order valence-corrected chi connectivity index (χ3v) is 7.24. The highest BCUT2D eigenvalue weighted by atomic mass is 35.5. The molecule has 0 radical (unpaired) electrons. The third-order valence-electron chi connectivity index (χ3n) is 5.90. The SMILES string of the molecule is COc1cccc(/C=C(\NC(=O)c2ccccc2)C(=O)Nc2ccc(SCC(=O)Nc3cc(C(=O)O)ccc3Cl)cc2)c1. The van der Waals surface area contributed by atoms with E-state index >= 15 is 0 Å². The van der Waals surface area contributed by atoms with Crippen LogP contribution in [0.4, 0.5) is 11.4 Å². The van der Waals surface area contributed by atoms with E-state index in [9.17, 15) is 19.2 Å². The number of amides is 3. The Hall–Kier alpha value is -5.06. The van der Waals surface area contributed by atoms with Gasteiger partial charge in [0.25, 0.3) is 11.8 Å². The van der Waals surface area contributed by atoms with E-state index in [-0.39, 0.29) is 33.6 Å². The molecule has 218 valence electrons. The molecule has 0 aliphatic carbocycles. The topological polar surface area (TPSA) is 134 Å². The molecule has 0 unspecified atom stereocenters. The largest absolute Gasteiger partial charge is 0.497 e. The van der Waals surface area contributed by atoms with Crippen LogP contribution in [0, 0.1) is 0 Å². The predicted molar refractivity (Wildman–Crippen MR) is 168 cm³/mol. The summed E-state index contributed by atoms with van der Waals surface area (Å²) in [6.45, 7) is 0. The van der Waals surface area contributed by atoms with Gasteiger partial charge in [-0.15, -0.1) is 11.8 Å². The Morgan fingerprint density at radius 2 is 1.60 bits per heavy atom. The van der Waals surface area contributed by atoms with Crippen molar-refractivity contribution in [2.75, 3.05) is 23.5 Å². The summed E-state index contributed by atoms with van der Waals surface area (Å²) in [5, 5.41) is 17.5. The Kier molecular flexibility index (Phi) is 10.6. The van der Waals surface area contributed by atoms with Gasteiger partial charge >= 0.3 is 5.97 Å². The molecule has 3 amide bonds. The van der Waals surface area contributed by atoms with Gasteiger partial charge in [0.05, 0.1) is 29.1 Å².